The SMILES string of the molecule is CN1CCCCC1CCN1CCC(CCl)CC1. The van der Waals surface area contributed by atoms with Crippen molar-refractivity contribution in [3.8, 4) is 0 Å². The van der Waals surface area contributed by atoms with Crippen LogP contribution in [-0.4, -0.2) is 54.9 Å². The fraction of sp³-hybridized carbons (Fsp3) is 1.00. The van der Waals surface area contributed by atoms with Gasteiger partial charge in [0.25, 0.3) is 0 Å². The van der Waals surface area contributed by atoms with Crippen molar-refractivity contribution in [2.24, 2.45) is 5.92 Å². The van der Waals surface area contributed by atoms with Gasteiger partial charge in [0, 0.05) is 11.9 Å². The Morgan fingerprint density at radius 2 is 1.82 bits per heavy atom. The van der Waals surface area contributed by atoms with Crippen LogP contribution in [0.5, 0.6) is 0 Å². The quantitative estimate of drug-likeness (QED) is 0.716. The third kappa shape index (κ3) is 4.11. The molecule has 100 valence electrons. The number of alkyl halides is 1. The van der Waals surface area contributed by atoms with Gasteiger partial charge in [-0.3, -0.25) is 0 Å². The zero-order chi connectivity index (χ0) is 12.1. The molecule has 0 bridgehead atoms. The van der Waals surface area contributed by atoms with Crippen LogP contribution in [0.4, 0.5) is 0 Å². The van der Waals surface area contributed by atoms with Gasteiger partial charge in [-0.05, 0) is 71.2 Å². The van der Waals surface area contributed by atoms with Gasteiger partial charge in [-0.2, -0.15) is 0 Å². The summed E-state index contributed by atoms with van der Waals surface area (Å²) < 4.78 is 0. The highest BCUT2D eigenvalue weighted by molar-refractivity contribution is 6.18. The van der Waals surface area contributed by atoms with Gasteiger partial charge in [-0.25, -0.2) is 0 Å². The molecule has 0 aliphatic carbocycles. The Hall–Kier alpha value is 0.210. The molecule has 1 atom stereocenters. The van der Waals surface area contributed by atoms with E-state index < -0.39 is 0 Å². The molecule has 2 rings (SSSR count). The van der Waals surface area contributed by atoms with Gasteiger partial charge in [-0.1, -0.05) is 6.42 Å². The molecule has 0 spiro atoms. The van der Waals surface area contributed by atoms with E-state index in [4.69, 9.17) is 11.6 Å². The topological polar surface area (TPSA) is 6.48 Å². The summed E-state index contributed by atoms with van der Waals surface area (Å²) in [7, 11) is 2.30. The second-order valence-corrected chi connectivity index (χ2v) is 6.17. The summed E-state index contributed by atoms with van der Waals surface area (Å²) in [5, 5.41) is 0. The summed E-state index contributed by atoms with van der Waals surface area (Å²) in [4.78, 5) is 5.21. The number of hydrogen-bond donors (Lipinski definition) is 0. The van der Waals surface area contributed by atoms with Gasteiger partial charge < -0.3 is 9.80 Å². The Morgan fingerprint density at radius 3 is 2.47 bits per heavy atom. The van der Waals surface area contributed by atoms with Crippen molar-refractivity contribution in [1.82, 2.24) is 9.80 Å². The minimum Gasteiger partial charge on any atom is -0.303 e. The number of hydrogen-bond acceptors (Lipinski definition) is 2. The van der Waals surface area contributed by atoms with Crippen molar-refractivity contribution in [2.45, 2.75) is 44.6 Å². The monoisotopic (exact) mass is 258 g/mol. The van der Waals surface area contributed by atoms with Crippen LogP contribution >= 0.6 is 11.6 Å². The Bertz CT molecular complexity index is 214. The van der Waals surface area contributed by atoms with Crippen LogP contribution < -0.4 is 0 Å². The van der Waals surface area contributed by atoms with Crippen molar-refractivity contribution < 1.29 is 0 Å². The molecule has 3 heteroatoms. The van der Waals surface area contributed by atoms with E-state index in [9.17, 15) is 0 Å². The lowest BCUT2D eigenvalue weighted by Crippen LogP contribution is -2.41. The fourth-order valence-corrected chi connectivity index (χ4v) is 3.51. The molecule has 17 heavy (non-hydrogen) atoms. The lowest BCUT2D eigenvalue weighted by atomic mass is 9.97. The molecule has 2 heterocycles. The van der Waals surface area contributed by atoms with E-state index in [1.807, 2.05) is 0 Å². The first-order chi connectivity index (χ1) is 8.29. The highest BCUT2D eigenvalue weighted by Crippen LogP contribution is 2.21. The van der Waals surface area contributed by atoms with Crippen LogP contribution in [0.15, 0.2) is 0 Å². The summed E-state index contributed by atoms with van der Waals surface area (Å²) in [5.74, 6) is 1.64. The van der Waals surface area contributed by atoms with E-state index in [0.29, 0.717) is 0 Å². The third-order valence-electron chi connectivity index (χ3n) is 4.63. The molecule has 1 unspecified atom stereocenters. The van der Waals surface area contributed by atoms with Crippen molar-refractivity contribution in [3.63, 3.8) is 0 Å². The second kappa shape index (κ2) is 6.96. The third-order valence-corrected chi connectivity index (χ3v) is 5.06. The average Bonchev–Trinajstić information content (AvgIpc) is 2.38. The molecule has 0 saturated carbocycles. The van der Waals surface area contributed by atoms with Crippen molar-refractivity contribution in [2.75, 3.05) is 39.1 Å². The van der Waals surface area contributed by atoms with E-state index in [1.165, 1.54) is 64.7 Å². The summed E-state index contributed by atoms with van der Waals surface area (Å²) in [6.45, 7) is 5.14. The molecule has 2 fully saturated rings. The van der Waals surface area contributed by atoms with E-state index in [0.717, 1.165) is 17.8 Å². The lowest BCUT2D eigenvalue weighted by molar-refractivity contribution is 0.136. The second-order valence-electron chi connectivity index (χ2n) is 5.86. The highest BCUT2D eigenvalue weighted by Gasteiger charge is 2.22. The zero-order valence-electron chi connectivity index (χ0n) is 11.2. The number of piperidine rings is 2. The number of likely N-dealkylation sites (tertiary alicyclic amines) is 2. The van der Waals surface area contributed by atoms with Crippen LogP contribution in [0.1, 0.15) is 38.5 Å². The maximum absolute atomic E-state index is 5.92. The van der Waals surface area contributed by atoms with Gasteiger partial charge in [0.05, 0.1) is 0 Å². The van der Waals surface area contributed by atoms with E-state index in [1.54, 1.807) is 0 Å². The minimum atomic E-state index is 0.783. The Morgan fingerprint density at radius 1 is 1.06 bits per heavy atom. The lowest BCUT2D eigenvalue weighted by Gasteiger charge is -2.36. The fourth-order valence-electron chi connectivity index (χ4n) is 3.20. The molecule has 0 radical (unpaired) electrons. The van der Waals surface area contributed by atoms with Crippen LogP contribution in [-0.2, 0) is 0 Å². The predicted octanol–water partition coefficient (Wildman–Crippen LogP) is 2.81. The van der Waals surface area contributed by atoms with E-state index in [2.05, 4.69) is 16.8 Å². The first kappa shape index (κ1) is 13.6. The van der Waals surface area contributed by atoms with Gasteiger partial charge in [-0.15, -0.1) is 11.6 Å². The molecule has 2 aliphatic heterocycles. The van der Waals surface area contributed by atoms with Gasteiger partial charge in [0.1, 0.15) is 0 Å². The normalized spacial score (nSPS) is 29.6. The zero-order valence-corrected chi connectivity index (χ0v) is 12.0. The number of nitrogens with zero attached hydrogens (tertiary/aromatic N) is 2. The van der Waals surface area contributed by atoms with Crippen molar-refractivity contribution in [1.29, 1.82) is 0 Å². The number of rotatable bonds is 4. The molecule has 0 aromatic heterocycles. The van der Waals surface area contributed by atoms with Crippen molar-refractivity contribution in [3.05, 3.63) is 0 Å². The van der Waals surface area contributed by atoms with E-state index in [-0.39, 0.29) is 0 Å². The molecule has 2 nitrogen and oxygen atoms in total. The first-order valence-corrected chi connectivity index (χ1v) is 7.81. The minimum absolute atomic E-state index is 0.783. The maximum Gasteiger partial charge on any atom is 0.0252 e. The van der Waals surface area contributed by atoms with Gasteiger partial charge in [0.2, 0.25) is 0 Å². The Labute approximate surface area is 111 Å². The first-order valence-electron chi connectivity index (χ1n) is 7.28. The smallest absolute Gasteiger partial charge is 0.0252 e. The molecule has 2 saturated heterocycles. The van der Waals surface area contributed by atoms with Gasteiger partial charge in [0.15, 0.2) is 0 Å². The van der Waals surface area contributed by atoms with E-state index >= 15 is 0 Å². The molecule has 0 aromatic rings. The van der Waals surface area contributed by atoms with Crippen LogP contribution in [0.25, 0.3) is 0 Å². The molecule has 0 N–H and O–H groups in total. The van der Waals surface area contributed by atoms with Crippen LogP contribution in [0.3, 0.4) is 0 Å². The van der Waals surface area contributed by atoms with Crippen molar-refractivity contribution >= 4 is 11.6 Å². The summed E-state index contributed by atoms with van der Waals surface area (Å²) in [6.07, 6.45) is 8.22. The van der Waals surface area contributed by atoms with Gasteiger partial charge >= 0.3 is 0 Å². The standard InChI is InChI=1S/C14H27ClN2/c1-16-8-3-2-4-14(16)7-11-17-9-5-13(12-15)6-10-17/h13-14H,2-12H2,1H3. The highest BCUT2D eigenvalue weighted by atomic mass is 35.5. The molecular weight excluding hydrogens is 232 g/mol. The number of halogens is 1. The molecule has 0 aromatic carbocycles. The summed E-state index contributed by atoms with van der Waals surface area (Å²) >= 11 is 5.92. The molecule has 2 aliphatic rings. The Balaban J connectivity index is 1.65. The predicted molar refractivity (Wildman–Crippen MR) is 74.8 cm³/mol. The van der Waals surface area contributed by atoms with Crippen LogP contribution in [0, 0.1) is 5.92 Å². The molecular formula is C14H27ClN2. The maximum atomic E-state index is 5.92. The summed E-state index contributed by atoms with van der Waals surface area (Å²) in [6, 6.07) is 0.842. The van der Waals surface area contributed by atoms with Crippen LogP contribution in [0.2, 0.25) is 0 Å². The molecule has 0 amide bonds. The summed E-state index contributed by atoms with van der Waals surface area (Å²) in [5.41, 5.74) is 0. The largest absolute Gasteiger partial charge is 0.303 e. The average molecular weight is 259 g/mol. The Kier molecular flexibility index (Phi) is 5.58.